The Bertz CT molecular complexity index is 218. The molecule has 0 bridgehead atoms. The first-order chi connectivity index (χ1) is 5.02. The zero-order valence-electron chi connectivity index (χ0n) is 5.26. The maximum absolute atomic E-state index is 11.7. The third kappa shape index (κ3) is 1.70. The summed E-state index contributed by atoms with van der Waals surface area (Å²) >= 11 is 0. The number of aromatic amines is 1. The number of aromatic nitrogens is 2. The smallest absolute Gasteiger partial charge is 0.379 e. The molecule has 1 atom stereocenters. The van der Waals surface area contributed by atoms with Crippen molar-refractivity contribution in [1.29, 1.82) is 0 Å². The van der Waals surface area contributed by atoms with Gasteiger partial charge in [-0.1, -0.05) is 0 Å². The second kappa shape index (κ2) is 2.54. The molecule has 1 heterocycles. The van der Waals surface area contributed by atoms with Gasteiger partial charge in [0, 0.05) is 11.8 Å². The first kappa shape index (κ1) is 8.06. The SMILES string of the molecule is O[C@H](c1cn[nH]c1)C(F)(F)F. The van der Waals surface area contributed by atoms with Gasteiger partial charge in [0.15, 0.2) is 6.10 Å². The lowest BCUT2D eigenvalue weighted by atomic mass is 10.2. The summed E-state index contributed by atoms with van der Waals surface area (Å²) in [6, 6.07) is 0. The van der Waals surface area contributed by atoms with Gasteiger partial charge < -0.3 is 5.11 Å². The average Bonchev–Trinajstić information content (AvgIpc) is 2.34. The molecule has 0 amide bonds. The highest BCUT2D eigenvalue weighted by Gasteiger charge is 2.39. The predicted octanol–water partition coefficient (Wildman–Crippen LogP) is 1.01. The van der Waals surface area contributed by atoms with Gasteiger partial charge in [-0.3, -0.25) is 5.10 Å². The van der Waals surface area contributed by atoms with Crippen LogP contribution in [0.3, 0.4) is 0 Å². The highest BCUT2D eigenvalue weighted by Crippen LogP contribution is 2.31. The normalized spacial score (nSPS) is 14.9. The van der Waals surface area contributed by atoms with Crippen LogP contribution in [0.4, 0.5) is 13.2 Å². The Morgan fingerprint density at radius 1 is 1.55 bits per heavy atom. The average molecular weight is 166 g/mol. The van der Waals surface area contributed by atoms with Crippen LogP contribution in [0.15, 0.2) is 12.4 Å². The molecule has 0 saturated heterocycles. The molecule has 2 N–H and O–H groups in total. The molecular weight excluding hydrogens is 161 g/mol. The molecule has 1 aromatic rings. The Balaban J connectivity index is 2.78. The first-order valence-electron chi connectivity index (χ1n) is 2.75. The second-order valence-electron chi connectivity index (χ2n) is 1.98. The quantitative estimate of drug-likeness (QED) is 0.653. The number of H-pyrrole nitrogens is 1. The molecule has 0 saturated carbocycles. The number of aliphatic hydroxyl groups is 1. The van der Waals surface area contributed by atoms with E-state index in [1.54, 1.807) is 0 Å². The van der Waals surface area contributed by atoms with Crippen LogP contribution in [0.25, 0.3) is 0 Å². The lowest BCUT2D eigenvalue weighted by Crippen LogP contribution is -2.19. The van der Waals surface area contributed by atoms with Gasteiger partial charge in [0.2, 0.25) is 0 Å². The van der Waals surface area contributed by atoms with E-state index < -0.39 is 12.3 Å². The van der Waals surface area contributed by atoms with Crippen molar-refractivity contribution in [3.8, 4) is 0 Å². The van der Waals surface area contributed by atoms with Crippen molar-refractivity contribution in [2.75, 3.05) is 0 Å². The number of aliphatic hydroxyl groups excluding tert-OH is 1. The molecule has 1 aromatic heterocycles. The summed E-state index contributed by atoms with van der Waals surface area (Å²) in [5.74, 6) is 0. The summed E-state index contributed by atoms with van der Waals surface area (Å²) in [4.78, 5) is 0. The Labute approximate surface area is 59.8 Å². The minimum Gasteiger partial charge on any atom is -0.379 e. The molecule has 0 spiro atoms. The minimum absolute atomic E-state index is 0.280. The van der Waals surface area contributed by atoms with Gasteiger partial charge in [-0.2, -0.15) is 18.3 Å². The summed E-state index contributed by atoms with van der Waals surface area (Å²) in [6.07, 6.45) is -5.14. The van der Waals surface area contributed by atoms with E-state index in [9.17, 15) is 13.2 Å². The lowest BCUT2D eigenvalue weighted by Gasteiger charge is -2.11. The molecule has 0 aliphatic rings. The third-order valence-electron chi connectivity index (χ3n) is 1.15. The lowest BCUT2D eigenvalue weighted by molar-refractivity contribution is -0.206. The number of hydrogen-bond acceptors (Lipinski definition) is 2. The highest BCUT2D eigenvalue weighted by molar-refractivity contribution is 5.08. The molecular formula is C5H5F3N2O. The number of nitrogens with one attached hydrogen (secondary N) is 1. The van der Waals surface area contributed by atoms with Crippen LogP contribution < -0.4 is 0 Å². The van der Waals surface area contributed by atoms with Gasteiger partial charge in [0.05, 0.1) is 6.20 Å². The Morgan fingerprint density at radius 3 is 2.55 bits per heavy atom. The van der Waals surface area contributed by atoms with E-state index in [2.05, 4.69) is 10.2 Å². The topological polar surface area (TPSA) is 48.9 Å². The Kier molecular flexibility index (Phi) is 1.86. The molecule has 0 fully saturated rings. The van der Waals surface area contributed by atoms with E-state index in [-0.39, 0.29) is 5.56 Å². The van der Waals surface area contributed by atoms with Crippen LogP contribution in [0.2, 0.25) is 0 Å². The third-order valence-corrected chi connectivity index (χ3v) is 1.15. The van der Waals surface area contributed by atoms with E-state index in [0.29, 0.717) is 0 Å². The number of nitrogens with zero attached hydrogens (tertiary/aromatic N) is 1. The number of rotatable bonds is 1. The zero-order chi connectivity index (χ0) is 8.48. The summed E-state index contributed by atoms with van der Waals surface area (Å²) < 4.78 is 35.2. The monoisotopic (exact) mass is 166 g/mol. The fourth-order valence-corrected chi connectivity index (χ4v) is 0.599. The van der Waals surface area contributed by atoms with Crippen LogP contribution >= 0.6 is 0 Å². The van der Waals surface area contributed by atoms with Gasteiger partial charge in [0.1, 0.15) is 0 Å². The second-order valence-corrected chi connectivity index (χ2v) is 1.98. The van der Waals surface area contributed by atoms with Crippen molar-refractivity contribution in [3.05, 3.63) is 18.0 Å². The highest BCUT2D eigenvalue weighted by atomic mass is 19.4. The molecule has 3 nitrogen and oxygen atoms in total. The van der Waals surface area contributed by atoms with E-state index in [0.717, 1.165) is 12.4 Å². The maximum Gasteiger partial charge on any atom is 0.418 e. The van der Waals surface area contributed by atoms with Crippen molar-refractivity contribution in [3.63, 3.8) is 0 Å². The zero-order valence-corrected chi connectivity index (χ0v) is 5.26. The molecule has 0 unspecified atom stereocenters. The molecule has 11 heavy (non-hydrogen) atoms. The molecule has 0 aliphatic heterocycles. The predicted molar refractivity (Wildman–Crippen MR) is 29.6 cm³/mol. The molecule has 0 aromatic carbocycles. The molecule has 62 valence electrons. The van der Waals surface area contributed by atoms with Crippen molar-refractivity contribution >= 4 is 0 Å². The van der Waals surface area contributed by atoms with Crippen LogP contribution in [0.1, 0.15) is 11.7 Å². The first-order valence-corrected chi connectivity index (χ1v) is 2.75. The summed E-state index contributed by atoms with van der Waals surface area (Å²) in [7, 11) is 0. The van der Waals surface area contributed by atoms with Crippen LogP contribution in [-0.2, 0) is 0 Å². The minimum atomic E-state index is -4.62. The van der Waals surface area contributed by atoms with Gasteiger partial charge in [0.25, 0.3) is 0 Å². The van der Waals surface area contributed by atoms with E-state index in [1.165, 1.54) is 0 Å². The molecule has 1 rings (SSSR count). The number of hydrogen-bond donors (Lipinski definition) is 2. The largest absolute Gasteiger partial charge is 0.418 e. The fraction of sp³-hybridized carbons (Fsp3) is 0.400. The maximum atomic E-state index is 11.7. The van der Waals surface area contributed by atoms with E-state index in [1.807, 2.05) is 0 Å². The molecule has 0 radical (unpaired) electrons. The van der Waals surface area contributed by atoms with Crippen LogP contribution in [0, 0.1) is 0 Å². The van der Waals surface area contributed by atoms with Gasteiger partial charge in [-0.25, -0.2) is 0 Å². The van der Waals surface area contributed by atoms with Gasteiger partial charge >= 0.3 is 6.18 Å². The number of alkyl halides is 3. The standard InChI is InChI=1S/C5H5F3N2O/c6-5(7,8)4(11)3-1-9-10-2-3/h1-2,4,11H,(H,9,10)/t4-/m1/s1. The Morgan fingerprint density at radius 2 is 2.18 bits per heavy atom. The van der Waals surface area contributed by atoms with Crippen molar-refractivity contribution < 1.29 is 18.3 Å². The van der Waals surface area contributed by atoms with E-state index in [4.69, 9.17) is 5.11 Å². The Hall–Kier alpha value is -1.04. The molecule has 6 heteroatoms. The fourth-order valence-electron chi connectivity index (χ4n) is 0.599. The summed E-state index contributed by atoms with van der Waals surface area (Å²) in [6.45, 7) is 0. The van der Waals surface area contributed by atoms with E-state index >= 15 is 0 Å². The van der Waals surface area contributed by atoms with Crippen molar-refractivity contribution in [2.45, 2.75) is 12.3 Å². The summed E-state index contributed by atoms with van der Waals surface area (Å²) in [5, 5.41) is 14.0. The number of halogens is 3. The molecule has 0 aliphatic carbocycles. The van der Waals surface area contributed by atoms with Crippen molar-refractivity contribution in [1.82, 2.24) is 10.2 Å². The van der Waals surface area contributed by atoms with Crippen LogP contribution in [-0.4, -0.2) is 21.5 Å². The summed E-state index contributed by atoms with van der Waals surface area (Å²) in [5.41, 5.74) is -0.280. The van der Waals surface area contributed by atoms with Gasteiger partial charge in [-0.15, -0.1) is 0 Å². The van der Waals surface area contributed by atoms with Gasteiger partial charge in [-0.05, 0) is 0 Å². The van der Waals surface area contributed by atoms with Crippen LogP contribution in [0.5, 0.6) is 0 Å². The van der Waals surface area contributed by atoms with Crippen molar-refractivity contribution in [2.24, 2.45) is 0 Å².